The van der Waals surface area contributed by atoms with Crippen molar-refractivity contribution in [1.29, 1.82) is 0 Å². The van der Waals surface area contributed by atoms with E-state index in [9.17, 15) is 4.79 Å². The molecule has 3 atom stereocenters. The van der Waals surface area contributed by atoms with E-state index in [1.54, 1.807) is 0 Å². The van der Waals surface area contributed by atoms with Crippen LogP contribution in [0.25, 0.3) is 0 Å². The molecule has 4 heteroatoms. The molecule has 1 aliphatic carbocycles. The quantitative estimate of drug-likeness (QED) is 0.694. The highest BCUT2D eigenvalue weighted by molar-refractivity contribution is 5.80. The number of anilines is 2. The summed E-state index contributed by atoms with van der Waals surface area (Å²) in [6.07, 6.45) is 3.27. The third kappa shape index (κ3) is 2.70. The second-order valence-corrected chi connectivity index (χ2v) is 6.18. The number of esters is 1. The Bertz CT molecular complexity index is 635. The lowest BCUT2D eigenvalue weighted by Crippen LogP contribution is -2.47. The first kappa shape index (κ1) is 14.3. The molecule has 0 aromatic heterocycles. The number of nitrogens with zero attached hydrogens (tertiary/aromatic N) is 1. The summed E-state index contributed by atoms with van der Waals surface area (Å²) in [7, 11) is 0. The SMILES string of the molecule is O=C1O[C@H]2CCC[C@H]2[C@H]1NN(c1ccccc1)c1ccccc1. The average molecular weight is 308 g/mol. The van der Waals surface area contributed by atoms with E-state index in [1.807, 2.05) is 65.7 Å². The molecule has 0 amide bonds. The fraction of sp³-hybridized carbons (Fsp3) is 0.316. The van der Waals surface area contributed by atoms with Crippen molar-refractivity contribution in [1.82, 2.24) is 5.43 Å². The number of fused-ring (bicyclic) bond motifs is 1. The number of hydrogen-bond acceptors (Lipinski definition) is 4. The summed E-state index contributed by atoms with van der Waals surface area (Å²) < 4.78 is 5.54. The second-order valence-electron chi connectivity index (χ2n) is 6.18. The van der Waals surface area contributed by atoms with Crippen LogP contribution in [-0.4, -0.2) is 18.1 Å². The molecule has 1 N–H and O–H groups in total. The third-order valence-corrected chi connectivity index (χ3v) is 4.75. The molecule has 0 radical (unpaired) electrons. The van der Waals surface area contributed by atoms with Crippen LogP contribution in [0.5, 0.6) is 0 Å². The van der Waals surface area contributed by atoms with E-state index in [1.165, 1.54) is 0 Å². The van der Waals surface area contributed by atoms with E-state index in [0.717, 1.165) is 30.6 Å². The molecular formula is C19H20N2O2. The van der Waals surface area contributed by atoms with Crippen molar-refractivity contribution >= 4 is 17.3 Å². The summed E-state index contributed by atoms with van der Waals surface area (Å²) in [5.74, 6) is 0.147. The van der Waals surface area contributed by atoms with Crippen molar-refractivity contribution < 1.29 is 9.53 Å². The molecule has 2 aromatic rings. The zero-order valence-electron chi connectivity index (χ0n) is 12.9. The molecule has 2 fully saturated rings. The molecule has 0 bridgehead atoms. The predicted molar refractivity (Wildman–Crippen MR) is 89.2 cm³/mol. The molecular weight excluding hydrogens is 288 g/mol. The van der Waals surface area contributed by atoms with E-state index < -0.39 is 0 Å². The van der Waals surface area contributed by atoms with Gasteiger partial charge in [-0.2, -0.15) is 0 Å². The van der Waals surface area contributed by atoms with Crippen molar-refractivity contribution in [3.63, 3.8) is 0 Å². The normalized spacial score (nSPS) is 25.9. The Morgan fingerprint density at radius 2 is 1.52 bits per heavy atom. The number of benzene rings is 2. The molecule has 23 heavy (non-hydrogen) atoms. The van der Waals surface area contributed by atoms with Crippen molar-refractivity contribution in [2.45, 2.75) is 31.4 Å². The largest absolute Gasteiger partial charge is 0.461 e. The summed E-state index contributed by atoms with van der Waals surface area (Å²) in [4.78, 5) is 12.3. The molecule has 2 aliphatic rings. The van der Waals surface area contributed by atoms with Crippen LogP contribution in [0.4, 0.5) is 11.4 Å². The van der Waals surface area contributed by atoms with Crippen molar-refractivity contribution in [2.24, 2.45) is 5.92 Å². The standard InChI is InChI=1S/C19H20N2O2/c22-19-18(16-12-7-13-17(16)23-19)20-21(14-8-3-1-4-9-14)15-10-5-2-6-11-15/h1-6,8-11,16-18,20H,7,12-13H2/t16-,17+,18-/m1/s1. The highest BCUT2D eigenvalue weighted by Gasteiger charge is 2.47. The van der Waals surface area contributed by atoms with Gasteiger partial charge >= 0.3 is 5.97 Å². The summed E-state index contributed by atoms with van der Waals surface area (Å²) >= 11 is 0. The number of carbonyl (C=O) groups excluding carboxylic acids is 1. The monoisotopic (exact) mass is 308 g/mol. The van der Waals surface area contributed by atoms with E-state index in [-0.39, 0.29) is 24.0 Å². The number of hydrogen-bond donors (Lipinski definition) is 1. The molecule has 0 unspecified atom stereocenters. The van der Waals surface area contributed by atoms with Crippen LogP contribution >= 0.6 is 0 Å². The van der Waals surface area contributed by atoms with Gasteiger partial charge in [0.15, 0.2) is 0 Å². The first-order chi connectivity index (χ1) is 11.3. The van der Waals surface area contributed by atoms with Crippen LogP contribution in [0.15, 0.2) is 60.7 Å². The van der Waals surface area contributed by atoms with Gasteiger partial charge in [0.25, 0.3) is 0 Å². The Hall–Kier alpha value is -2.33. The highest BCUT2D eigenvalue weighted by Crippen LogP contribution is 2.37. The Morgan fingerprint density at radius 3 is 2.13 bits per heavy atom. The average Bonchev–Trinajstić information content (AvgIpc) is 3.15. The van der Waals surface area contributed by atoms with Gasteiger partial charge in [0.1, 0.15) is 12.1 Å². The first-order valence-corrected chi connectivity index (χ1v) is 8.20. The van der Waals surface area contributed by atoms with Crippen LogP contribution < -0.4 is 10.4 Å². The highest BCUT2D eigenvalue weighted by atomic mass is 16.6. The van der Waals surface area contributed by atoms with Gasteiger partial charge in [-0.15, -0.1) is 0 Å². The van der Waals surface area contributed by atoms with Crippen LogP contribution in [-0.2, 0) is 9.53 Å². The molecule has 1 heterocycles. The van der Waals surface area contributed by atoms with Gasteiger partial charge in [0, 0.05) is 5.92 Å². The van der Waals surface area contributed by atoms with Crippen molar-refractivity contribution in [2.75, 3.05) is 5.01 Å². The zero-order valence-corrected chi connectivity index (χ0v) is 12.9. The van der Waals surface area contributed by atoms with Gasteiger partial charge in [0.2, 0.25) is 0 Å². The van der Waals surface area contributed by atoms with Gasteiger partial charge in [0.05, 0.1) is 11.4 Å². The fourth-order valence-corrected chi connectivity index (χ4v) is 3.62. The second kappa shape index (κ2) is 6.05. The predicted octanol–water partition coefficient (Wildman–Crippen LogP) is 3.42. The minimum atomic E-state index is -0.275. The van der Waals surface area contributed by atoms with Gasteiger partial charge < -0.3 is 4.74 Å². The zero-order chi connectivity index (χ0) is 15.6. The maximum absolute atomic E-state index is 12.3. The molecule has 1 aliphatic heterocycles. The number of para-hydroxylation sites is 2. The van der Waals surface area contributed by atoms with E-state index in [2.05, 4.69) is 5.43 Å². The Morgan fingerprint density at radius 1 is 0.913 bits per heavy atom. The van der Waals surface area contributed by atoms with E-state index >= 15 is 0 Å². The van der Waals surface area contributed by atoms with Crippen LogP contribution in [0.2, 0.25) is 0 Å². The number of carbonyl (C=O) groups is 1. The minimum Gasteiger partial charge on any atom is -0.461 e. The lowest BCUT2D eigenvalue weighted by atomic mass is 10.00. The minimum absolute atomic E-state index is 0.0911. The summed E-state index contributed by atoms with van der Waals surface area (Å²) in [6.45, 7) is 0. The molecule has 4 nitrogen and oxygen atoms in total. The maximum Gasteiger partial charge on any atom is 0.325 e. The van der Waals surface area contributed by atoms with E-state index in [0.29, 0.717) is 0 Å². The summed E-state index contributed by atoms with van der Waals surface area (Å²) in [5.41, 5.74) is 5.44. The van der Waals surface area contributed by atoms with Gasteiger partial charge in [-0.3, -0.25) is 9.80 Å². The fourth-order valence-electron chi connectivity index (χ4n) is 3.62. The molecule has 1 saturated heterocycles. The van der Waals surface area contributed by atoms with Crippen LogP contribution in [0.3, 0.4) is 0 Å². The summed E-state index contributed by atoms with van der Waals surface area (Å²) in [5, 5.41) is 1.99. The number of hydrazine groups is 1. The van der Waals surface area contributed by atoms with Gasteiger partial charge in [-0.1, -0.05) is 36.4 Å². The van der Waals surface area contributed by atoms with E-state index in [4.69, 9.17) is 4.74 Å². The Kier molecular flexibility index (Phi) is 3.75. The maximum atomic E-state index is 12.3. The molecule has 2 aromatic carbocycles. The lowest BCUT2D eigenvalue weighted by molar-refractivity contribution is -0.143. The molecule has 118 valence electrons. The van der Waals surface area contributed by atoms with Crippen molar-refractivity contribution in [3.8, 4) is 0 Å². The number of nitrogens with one attached hydrogen (secondary N) is 1. The lowest BCUT2D eigenvalue weighted by Gasteiger charge is -2.29. The number of ether oxygens (including phenoxy) is 1. The number of rotatable bonds is 4. The molecule has 1 saturated carbocycles. The smallest absolute Gasteiger partial charge is 0.325 e. The Balaban J connectivity index is 1.65. The van der Waals surface area contributed by atoms with Gasteiger partial charge in [-0.25, -0.2) is 5.43 Å². The third-order valence-electron chi connectivity index (χ3n) is 4.75. The summed E-state index contributed by atoms with van der Waals surface area (Å²) in [6, 6.07) is 19.8. The molecule has 4 rings (SSSR count). The Labute approximate surface area is 136 Å². The molecule has 0 spiro atoms. The topological polar surface area (TPSA) is 41.6 Å². The van der Waals surface area contributed by atoms with Crippen molar-refractivity contribution in [3.05, 3.63) is 60.7 Å². The van der Waals surface area contributed by atoms with Crippen LogP contribution in [0.1, 0.15) is 19.3 Å². The van der Waals surface area contributed by atoms with Gasteiger partial charge in [-0.05, 0) is 43.5 Å². The van der Waals surface area contributed by atoms with Crippen LogP contribution in [0, 0.1) is 5.92 Å². The first-order valence-electron chi connectivity index (χ1n) is 8.20.